The molecule has 110 valence electrons. The third-order valence-electron chi connectivity index (χ3n) is 3.90. The molecule has 1 aliphatic heterocycles. The van der Waals surface area contributed by atoms with Crippen molar-refractivity contribution in [3.63, 3.8) is 0 Å². The molecule has 0 spiro atoms. The number of carbonyl (C=O) groups excluding carboxylic acids is 1. The van der Waals surface area contributed by atoms with E-state index >= 15 is 0 Å². The van der Waals surface area contributed by atoms with E-state index in [9.17, 15) is 4.79 Å². The zero-order chi connectivity index (χ0) is 14.4. The van der Waals surface area contributed by atoms with Crippen LogP contribution in [0.5, 0.6) is 5.75 Å². The quantitative estimate of drug-likeness (QED) is 0.807. The maximum atomic E-state index is 12.2. The van der Waals surface area contributed by atoms with Crippen molar-refractivity contribution in [2.45, 2.75) is 26.7 Å². The van der Waals surface area contributed by atoms with Gasteiger partial charge in [-0.1, -0.05) is 19.1 Å². The van der Waals surface area contributed by atoms with E-state index in [4.69, 9.17) is 4.74 Å². The first-order valence-electron chi connectivity index (χ1n) is 7.29. The minimum atomic E-state index is -0.228. The Balaban J connectivity index is 1.71. The van der Waals surface area contributed by atoms with Crippen LogP contribution in [0.25, 0.3) is 0 Å². The summed E-state index contributed by atoms with van der Waals surface area (Å²) in [5, 5.41) is 6.27. The Labute approximate surface area is 120 Å². The minimum Gasteiger partial charge on any atom is -0.492 e. The van der Waals surface area contributed by atoms with Gasteiger partial charge in [0.15, 0.2) is 0 Å². The maximum absolute atomic E-state index is 12.2. The van der Waals surface area contributed by atoms with Crippen LogP contribution < -0.4 is 15.4 Å². The molecule has 1 aromatic rings. The topological polar surface area (TPSA) is 50.4 Å². The first kappa shape index (κ1) is 14.9. The molecule has 4 heteroatoms. The highest BCUT2D eigenvalue weighted by Gasteiger charge is 2.34. The molecule has 1 heterocycles. The molecule has 4 nitrogen and oxygen atoms in total. The lowest BCUT2D eigenvalue weighted by atomic mass is 9.80. The molecule has 0 saturated carbocycles. The van der Waals surface area contributed by atoms with Gasteiger partial charge in [-0.15, -0.1) is 0 Å². The average molecular weight is 276 g/mol. The van der Waals surface area contributed by atoms with Gasteiger partial charge in [0.1, 0.15) is 12.4 Å². The van der Waals surface area contributed by atoms with E-state index in [0.717, 1.165) is 31.7 Å². The molecule has 0 bridgehead atoms. The Hall–Kier alpha value is -1.55. The molecule has 0 aromatic heterocycles. The number of ether oxygens (including phenoxy) is 1. The van der Waals surface area contributed by atoms with E-state index in [-0.39, 0.29) is 11.3 Å². The summed E-state index contributed by atoms with van der Waals surface area (Å²) in [6.45, 7) is 6.98. The van der Waals surface area contributed by atoms with E-state index in [1.165, 1.54) is 5.56 Å². The summed E-state index contributed by atoms with van der Waals surface area (Å²) in [6, 6.07) is 7.94. The van der Waals surface area contributed by atoms with Crippen molar-refractivity contribution in [2.24, 2.45) is 5.41 Å². The van der Waals surface area contributed by atoms with Gasteiger partial charge in [0.2, 0.25) is 5.91 Å². The molecule has 1 aromatic carbocycles. The van der Waals surface area contributed by atoms with Crippen LogP contribution in [0.4, 0.5) is 0 Å². The summed E-state index contributed by atoms with van der Waals surface area (Å²) >= 11 is 0. The van der Waals surface area contributed by atoms with Gasteiger partial charge in [-0.25, -0.2) is 0 Å². The van der Waals surface area contributed by atoms with Gasteiger partial charge in [-0.05, 0) is 50.6 Å². The highest BCUT2D eigenvalue weighted by molar-refractivity contribution is 5.82. The fourth-order valence-corrected chi connectivity index (χ4v) is 2.46. The first-order chi connectivity index (χ1) is 9.60. The van der Waals surface area contributed by atoms with Crippen molar-refractivity contribution in [2.75, 3.05) is 26.2 Å². The van der Waals surface area contributed by atoms with Crippen molar-refractivity contribution in [3.8, 4) is 5.75 Å². The van der Waals surface area contributed by atoms with Crippen LogP contribution in [0.15, 0.2) is 24.3 Å². The number of carbonyl (C=O) groups is 1. The van der Waals surface area contributed by atoms with Gasteiger partial charge in [-0.2, -0.15) is 0 Å². The summed E-state index contributed by atoms with van der Waals surface area (Å²) in [4.78, 5) is 12.2. The molecule has 0 atom stereocenters. The smallest absolute Gasteiger partial charge is 0.226 e. The third-order valence-corrected chi connectivity index (χ3v) is 3.90. The predicted octanol–water partition coefficient (Wildman–Crippen LogP) is 1.88. The monoisotopic (exact) mass is 276 g/mol. The number of benzene rings is 1. The molecule has 0 radical (unpaired) electrons. The van der Waals surface area contributed by atoms with Gasteiger partial charge in [0.25, 0.3) is 0 Å². The minimum absolute atomic E-state index is 0.145. The largest absolute Gasteiger partial charge is 0.492 e. The summed E-state index contributed by atoms with van der Waals surface area (Å²) < 4.78 is 5.63. The van der Waals surface area contributed by atoms with E-state index in [1.54, 1.807) is 0 Å². The Bertz CT molecular complexity index is 454. The highest BCUT2D eigenvalue weighted by Crippen LogP contribution is 2.27. The van der Waals surface area contributed by atoms with Crippen molar-refractivity contribution >= 4 is 5.91 Å². The van der Waals surface area contributed by atoms with Gasteiger partial charge >= 0.3 is 0 Å². The summed E-state index contributed by atoms with van der Waals surface area (Å²) in [5.74, 6) is 0.999. The second kappa shape index (κ2) is 6.75. The second-order valence-electron chi connectivity index (χ2n) is 5.73. The zero-order valence-corrected chi connectivity index (χ0v) is 12.4. The van der Waals surface area contributed by atoms with E-state index in [0.29, 0.717) is 13.2 Å². The van der Waals surface area contributed by atoms with Crippen molar-refractivity contribution < 1.29 is 9.53 Å². The van der Waals surface area contributed by atoms with E-state index in [2.05, 4.69) is 10.6 Å². The van der Waals surface area contributed by atoms with E-state index < -0.39 is 0 Å². The SMILES string of the molecule is Cc1cccc(OCCNC(=O)C2(C)CCNCC2)c1. The zero-order valence-electron chi connectivity index (χ0n) is 12.4. The number of aryl methyl sites for hydroxylation is 1. The van der Waals surface area contributed by atoms with Gasteiger partial charge < -0.3 is 15.4 Å². The van der Waals surface area contributed by atoms with Crippen LogP contribution in [0.2, 0.25) is 0 Å². The Kier molecular flexibility index (Phi) is 5.01. The molecule has 1 saturated heterocycles. The van der Waals surface area contributed by atoms with Gasteiger partial charge in [0.05, 0.1) is 6.54 Å². The van der Waals surface area contributed by atoms with Crippen LogP contribution in [0.3, 0.4) is 0 Å². The molecule has 1 fully saturated rings. The lowest BCUT2D eigenvalue weighted by Gasteiger charge is -2.32. The molecule has 0 aliphatic carbocycles. The number of hydrogen-bond acceptors (Lipinski definition) is 3. The molecule has 20 heavy (non-hydrogen) atoms. The fraction of sp³-hybridized carbons (Fsp3) is 0.562. The summed E-state index contributed by atoms with van der Waals surface area (Å²) in [6.07, 6.45) is 1.80. The molecule has 2 N–H and O–H groups in total. The van der Waals surface area contributed by atoms with Crippen LogP contribution in [-0.4, -0.2) is 32.1 Å². The number of piperidine rings is 1. The van der Waals surface area contributed by atoms with E-state index in [1.807, 2.05) is 38.1 Å². The summed E-state index contributed by atoms with van der Waals surface area (Å²) in [7, 11) is 0. The molecular formula is C16H24N2O2. The standard InChI is InChI=1S/C16H24N2O2/c1-13-4-3-5-14(12-13)20-11-10-18-15(19)16(2)6-8-17-9-7-16/h3-5,12,17H,6-11H2,1-2H3,(H,18,19). The van der Waals surface area contributed by atoms with Crippen molar-refractivity contribution in [1.82, 2.24) is 10.6 Å². The highest BCUT2D eigenvalue weighted by atomic mass is 16.5. The number of hydrogen-bond donors (Lipinski definition) is 2. The predicted molar refractivity (Wildman–Crippen MR) is 79.9 cm³/mol. The van der Waals surface area contributed by atoms with Crippen molar-refractivity contribution in [1.29, 1.82) is 0 Å². The maximum Gasteiger partial charge on any atom is 0.226 e. The summed E-state index contributed by atoms with van der Waals surface area (Å²) in [5.41, 5.74) is 0.947. The molecule has 1 aliphatic rings. The van der Waals surface area contributed by atoms with Gasteiger partial charge in [-0.3, -0.25) is 4.79 Å². The normalized spacial score (nSPS) is 17.5. The molecule has 1 amide bonds. The van der Waals surface area contributed by atoms with Gasteiger partial charge in [0, 0.05) is 5.41 Å². The average Bonchev–Trinajstić information content (AvgIpc) is 2.44. The van der Waals surface area contributed by atoms with Crippen LogP contribution in [-0.2, 0) is 4.79 Å². The fourth-order valence-electron chi connectivity index (χ4n) is 2.46. The number of rotatable bonds is 5. The number of amides is 1. The molecule has 0 unspecified atom stereocenters. The van der Waals surface area contributed by atoms with Crippen LogP contribution in [0.1, 0.15) is 25.3 Å². The molecular weight excluding hydrogens is 252 g/mol. The van der Waals surface area contributed by atoms with Crippen LogP contribution >= 0.6 is 0 Å². The Morgan fingerprint density at radius 1 is 1.40 bits per heavy atom. The first-order valence-corrected chi connectivity index (χ1v) is 7.29. The Morgan fingerprint density at radius 3 is 2.85 bits per heavy atom. The Morgan fingerprint density at radius 2 is 2.15 bits per heavy atom. The third kappa shape index (κ3) is 3.97. The lowest BCUT2D eigenvalue weighted by Crippen LogP contribution is -2.46. The molecule has 2 rings (SSSR count). The number of nitrogens with one attached hydrogen (secondary N) is 2. The second-order valence-corrected chi connectivity index (χ2v) is 5.73. The van der Waals surface area contributed by atoms with Crippen LogP contribution in [0, 0.1) is 12.3 Å². The lowest BCUT2D eigenvalue weighted by molar-refractivity contribution is -0.131. The van der Waals surface area contributed by atoms with Crippen molar-refractivity contribution in [3.05, 3.63) is 29.8 Å².